The average Bonchev–Trinajstić information content (AvgIpc) is 2.98. The van der Waals surface area contributed by atoms with Gasteiger partial charge in [0.25, 0.3) is 5.56 Å². The molecule has 0 fully saturated rings. The number of allylic oxidation sites excluding steroid dienone is 1. The molecule has 1 aromatic carbocycles. The van der Waals surface area contributed by atoms with Gasteiger partial charge in [-0.2, -0.15) is 0 Å². The van der Waals surface area contributed by atoms with Gasteiger partial charge in [-0.05, 0) is 54.0 Å². The fourth-order valence-electron chi connectivity index (χ4n) is 3.12. The lowest BCUT2D eigenvalue weighted by Crippen LogP contribution is -2.09. The molecule has 0 saturated carbocycles. The predicted molar refractivity (Wildman–Crippen MR) is 112 cm³/mol. The summed E-state index contributed by atoms with van der Waals surface area (Å²) in [5.41, 5.74) is 4.96. The number of nitrogens with zero attached hydrogens (tertiary/aromatic N) is 2. The van der Waals surface area contributed by atoms with Gasteiger partial charge in [-0.1, -0.05) is 39.5 Å². The van der Waals surface area contributed by atoms with Crippen molar-refractivity contribution in [3.05, 3.63) is 69.9 Å². The number of para-hydroxylation sites is 1. The number of nitrogens with one attached hydrogen (secondary N) is 2. The van der Waals surface area contributed by atoms with Gasteiger partial charge >= 0.3 is 0 Å². The second-order valence-corrected chi connectivity index (χ2v) is 7.39. The van der Waals surface area contributed by atoms with Gasteiger partial charge in [0.15, 0.2) is 0 Å². The molecule has 0 bridgehead atoms. The van der Waals surface area contributed by atoms with E-state index in [0.717, 1.165) is 40.1 Å². The molecule has 0 amide bonds. The van der Waals surface area contributed by atoms with Crippen molar-refractivity contribution >= 4 is 22.9 Å². The van der Waals surface area contributed by atoms with Crippen LogP contribution < -0.4 is 5.56 Å². The first kappa shape index (κ1) is 18.8. The van der Waals surface area contributed by atoms with Crippen LogP contribution in [0.15, 0.2) is 52.5 Å². The van der Waals surface area contributed by atoms with Crippen molar-refractivity contribution in [3.8, 4) is 0 Å². The Morgan fingerprint density at radius 3 is 2.85 bits per heavy atom. The highest BCUT2D eigenvalue weighted by molar-refractivity contribution is 5.81. The van der Waals surface area contributed by atoms with Crippen molar-refractivity contribution in [1.82, 2.24) is 15.0 Å². The molecule has 5 heteroatoms. The van der Waals surface area contributed by atoms with Crippen molar-refractivity contribution in [2.75, 3.05) is 0 Å². The van der Waals surface area contributed by atoms with E-state index in [4.69, 9.17) is 0 Å². The standard InChI is InChI=1S/C22H26N4O/c1-13(2)16(5)11-23-21-15(4)10-17(26-21)9-14(3)18-7-6-8-19-20(18)24-12-25-22(19)27/h6-8,10-14,26H,5,9H2,1-4H3,(H,24,25,27)/b23-11-. The molecule has 27 heavy (non-hydrogen) atoms. The van der Waals surface area contributed by atoms with Crippen LogP contribution in [0.2, 0.25) is 0 Å². The third kappa shape index (κ3) is 4.08. The SMILES string of the molecule is C=C(/C=N\c1[nH]c(CC(C)c2cccc3c(=O)[nH]cnc23)cc1C)C(C)C. The lowest BCUT2D eigenvalue weighted by molar-refractivity contribution is 0.749. The number of fused-ring (bicyclic) bond motifs is 1. The molecule has 3 aromatic rings. The van der Waals surface area contributed by atoms with Crippen molar-refractivity contribution < 1.29 is 0 Å². The minimum atomic E-state index is -0.105. The molecule has 3 rings (SSSR count). The summed E-state index contributed by atoms with van der Waals surface area (Å²) in [6, 6.07) is 7.90. The van der Waals surface area contributed by atoms with Crippen LogP contribution in [0.5, 0.6) is 0 Å². The topological polar surface area (TPSA) is 73.9 Å². The fraction of sp³-hybridized carbons (Fsp3) is 0.318. The number of aryl methyl sites for hydroxylation is 1. The Bertz CT molecular complexity index is 1060. The molecule has 5 nitrogen and oxygen atoms in total. The van der Waals surface area contributed by atoms with Gasteiger partial charge in [0.2, 0.25) is 0 Å². The maximum absolute atomic E-state index is 12.0. The number of aliphatic imine (C=N–C) groups is 1. The monoisotopic (exact) mass is 362 g/mol. The van der Waals surface area contributed by atoms with Crippen molar-refractivity contribution in [2.24, 2.45) is 10.9 Å². The van der Waals surface area contributed by atoms with Crippen LogP contribution in [-0.2, 0) is 6.42 Å². The predicted octanol–water partition coefficient (Wildman–Crippen LogP) is 4.82. The first-order chi connectivity index (χ1) is 12.9. The molecule has 0 aliphatic heterocycles. The van der Waals surface area contributed by atoms with Crippen LogP contribution in [0.1, 0.15) is 43.5 Å². The van der Waals surface area contributed by atoms with Gasteiger partial charge in [-0.3, -0.25) is 4.79 Å². The molecule has 0 spiro atoms. The van der Waals surface area contributed by atoms with Gasteiger partial charge in [0.05, 0.1) is 17.2 Å². The zero-order chi connectivity index (χ0) is 19.6. The molecule has 0 aliphatic rings. The third-order valence-corrected chi connectivity index (χ3v) is 4.90. The molecular formula is C22H26N4O. The molecule has 0 aliphatic carbocycles. The van der Waals surface area contributed by atoms with E-state index in [0.29, 0.717) is 11.3 Å². The molecule has 1 unspecified atom stereocenters. The number of aromatic amines is 2. The second-order valence-electron chi connectivity index (χ2n) is 7.39. The largest absolute Gasteiger partial charge is 0.344 e. The number of H-pyrrole nitrogens is 2. The van der Waals surface area contributed by atoms with E-state index in [9.17, 15) is 4.79 Å². The van der Waals surface area contributed by atoms with E-state index >= 15 is 0 Å². The molecule has 140 valence electrons. The van der Waals surface area contributed by atoms with Gasteiger partial charge in [0, 0.05) is 11.9 Å². The van der Waals surface area contributed by atoms with E-state index in [2.05, 4.69) is 60.3 Å². The van der Waals surface area contributed by atoms with Crippen LogP contribution in [0, 0.1) is 12.8 Å². The van der Waals surface area contributed by atoms with E-state index < -0.39 is 0 Å². The molecule has 1 atom stereocenters. The van der Waals surface area contributed by atoms with Gasteiger partial charge < -0.3 is 9.97 Å². The zero-order valence-electron chi connectivity index (χ0n) is 16.3. The summed E-state index contributed by atoms with van der Waals surface area (Å²) >= 11 is 0. The average molecular weight is 362 g/mol. The Balaban J connectivity index is 1.84. The minimum Gasteiger partial charge on any atom is -0.344 e. The Kier molecular flexibility index (Phi) is 5.40. The van der Waals surface area contributed by atoms with Crippen LogP contribution in [-0.4, -0.2) is 21.2 Å². The number of benzene rings is 1. The Labute approximate surface area is 159 Å². The molecule has 0 saturated heterocycles. The molecular weight excluding hydrogens is 336 g/mol. The fourth-order valence-corrected chi connectivity index (χ4v) is 3.12. The van der Waals surface area contributed by atoms with Crippen molar-refractivity contribution in [3.63, 3.8) is 0 Å². The quantitative estimate of drug-likeness (QED) is 0.617. The summed E-state index contributed by atoms with van der Waals surface area (Å²) in [5, 5.41) is 0.627. The van der Waals surface area contributed by atoms with Crippen LogP contribution in [0.25, 0.3) is 10.9 Å². The third-order valence-electron chi connectivity index (χ3n) is 4.90. The first-order valence-electron chi connectivity index (χ1n) is 9.24. The normalized spacial score (nSPS) is 12.9. The van der Waals surface area contributed by atoms with Crippen molar-refractivity contribution in [1.29, 1.82) is 0 Å². The summed E-state index contributed by atoms with van der Waals surface area (Å²) < 4.78 is 0. The first-order valence-corrected chi connectivity index (χ1v) is 9.24. The van der Waals surface area contributed by atoms with E-state index in [1.165, 1.54) is 6.33 Å². The zero-order valence-corrected chi connectivity index (χ0v) is 16.3. The highest BCUT2D eigenvalue weighted by Crippen LogP contribution is 2.27. The molecule has 2 aromatic heterocycles. The van der Waals surface area contributed by atoms with E-state index in [1.807, 2.05) is 24.4 Å². The molecule has 0 radical (unpaired) electrons. The summed E-state index contributed by atoms with van der Waals surface area (Å²) in [5.74, 6) is 1.46. The Morgan fingerprint density at radius 2 is 2.11 bits per heavy atom. The molecule has 2 N–H and O–H groups in total. The maximum Gasteiger partial charge on any atom is 0.258 e. The van der Waals surface area contributed by atoms with E-state index in [1.54, 1.807) is 0 Å². The molecule has 2 heterocycles. The summed E-state index contributed by atoms with van der Waals surface area (Å²) in [4.78, 5) is 27.0. The highest BCUT2D eigenvalue weighted by Gasteiger charge is 2.14. The Morgan fingerprint density at radius 1 is 1.33 bits per heavy atom. The Hall–Kier alpha value is -2.95. The number of hydrogen-bond donors (Lipinski definition) is 2. The van der Waals surface area contributed by atoms with Gasteiger partial charge in [0.1, 0.15) is 5.82 Å². The summed E-state index contributed by atoms with van der Waals surface area (Å²) in [7, 11) is 0. The summed E-state index contributed by atoms with van der Waals surface area (Å²) in [6.07, 6.45) is 4.11. The number of rotatable bonds is 6. The van der Waals surface area contributed by atoms with Crippen LogP contribution >= 0.6 is 0 Å². The number of hydrogen-bond acceptors (Lipinski definition) is 3. The van der Waals surface area contributed by atoms with E-state index in [-0.39, 0.29) is 11.5 Å². The smallest absolute Gasteiger partial charge is 0.258 e. The minimum absolute atomic E-state index is 0.105. The van der Waals surface area contributed by atoms with Gasteiger partial charge in [-0.25, -0.2) is 9.98 Å². The van der Waals surface area contributed by atoms with Crippen molar-refractivity contribution in [2.45, 2.75) is 40.0 Å². The van der Waals surface area contributed by atoms with Crippen LogP contribution in [0.4, 0.5) is 5.82 Å². The second kappa shape index (κ2) is 7.74. The van der Waals surface area contributed by atoms with Gasteiger partial charge in [-0.15, -0.1) is 0 Å². The highest BCUT2D eigenvalue weighted by atomic mass is 16.1. The lowest BCUT2D eigenvalue weighted by atomic mass is 9.94. The lowest BCUT2D eigenvalue weighted by Gasteiger charge is -2.12. The van der Waals surface area contributed by atoms with Crippen LogP contribution in [0.3, 0.4) is 0 Å². The summed E-state index contributed by atoms with van der Waals surface area (Å²) in [6.45, 7) is 12.4. The number of aromatic nitrogens is 3. The maximum atomic E-state index is 12.0.